The quantitative estimate of drug-likeness (QED) is 0.467. The molecular formula is C25H31F3N6O5S. The molecule has 0 spiro atoms. The molecule has 0 aromatic heterocycles. The highest BCUT2D eigenvalue weighted by atomic mass is 32.2. The minimum atomic E-state index is -4.60. The summed E-state index contributed by atoms with van der Waals surface area (Å²) in [7, 11) is -3.95. The van der Waals surface area contributed by atoms with Crippen LogP contribution >= 0.6 is 0 Å². The van der Waals surface area contributed by atoms with Crippen molar-refractivity contribution >= 4 is 15.9 Å². The SMILES string of the molecule is NC1=CC(N)(c2ccc(S(=O)(=O)N3CCC(N4CCOCC4)CC3)c3c2OCCO3)NC2=NCC(C(F)(F)F)=C12. The number of halogens is 3. The summed E-state index contributed by atoms with van der Waals surface area (Å²) in [6.07, 6.45) is -1.93. The van der Waals surface area contributed by atoms with Crippen LogP contribution in [0.25, 0.3) is 0 Å². The number of nitrogens with two attached hydrogens (primary N) is 2. The summed E-state index contributed by atoms with van der Waals surface area (Å²) in [6, 6.07) is 3.18. The van der Waals surface area contributed by atoms with Crippen molar-refractivity contribution in [1.29, 1.82) is 0 Å². The number of hydrogen-bond donors (Lipinski definition) is 3. The fraction of sp³-hybridized carbons (Fsp3) is 0.560. The molecule has 1 atom stereocenters. The van der Waals surface area contributed by atoms with E-state index in [1.807, 2.05) is 0 Å². The van der Waals surface area contributed by atoms with Gasteiger partial charge in [0.2, 0.25) is 10.0 Å². The number of alkyl halides is 3. The Bertz CT molecular complexity index is 1400. The van der Waals surface area contributed by atoms with E-state index in [4.69, 9.17) is 25.7 Å². The van der Waals surface area contributed by atoms with Gasteiger partial charge in [0, 0.05) is 49.1 Å². The molecule has 0 saturated carbocycles. The summed E-state index contributed by atoms with van der Waals surface area (Å²) in [5.41, 5.74) is 10.1. The second-order valence-electron chi connectivity index (χ2n) is 10.4. The molecule has 1 aromatic rings. The number of morpholine rings is 1. The van der Waals surface area contributed by atoms with Crippen molar-refractivity contribution in [1.82, 2.24) is 14.5 Å². The number of rotatable bonds is 4. The molecule has 1 aromatic carbocycles. The maximum absolute atomic E-state index is 13.8. The zero-order valence-corrected chi connectivity index (χ0v) is 22.5. The van der Waals surface area contributed by atoms with E-state index in [1.54, 1.807) is 0 Å². The molecule has 5 aliphatic heterocycles. The van der Waals surface area contributed by atoms with Gasteiger partial charge < -0.3 is 31.0 Å². The molecule has 1 unspecified atom stereocenters. The van der Waals surface area contributed by atoms with Crippen LogP contribution in [0.5, 0.6) is 11.5 Å². The summed E-state index contributed by atoms with van der Waals surface area (Å²) >= 11 is 0. The third-order valence-electron chi connectivity index (χ3n) is 7.97. The first-order valence-electron chi connectivity index (χ1n) is 13.1. The van der Waals surface area contributed by atoms with Crippen LogP contribution in [0.4, 0.5) is 13.2 Å². The van der Waals surface area contributed by atoms with E-state index in [-0.39, 0.29) is 52.3 Å². The monoisotopic (exact) mass is 584 g/mol. The lowest BCUT2D eigenvalue weighted by Gasteiger charge is -2.40. The van der Waals surface area contributed by atoms with Crippen molar-refractivity contribution in [2.75, 3.05) is 59.2 Å². The van der Waals surface area contributed by atoms with Gasteiger partial charge in [0.05, 0.1) is 25.3 Å². The molecule has 0 radical (unpaired) electrons. The molecule has 0 amide bonds. The Morgan fingerprint density at radius 2 is 1.70 bits per heavy atom. The summed E-state index contributed by atoms with van der Waals surface area (Å²) < 4.78 is 86.6. The fourth-order valence-electron chi connectivity index (χ4n) is 5.97. The zero-order chi connectivity index (χ0) is 28.3. The van der Waals surface area contributed by atoms with Crippen LogP contribution in [0.1, 0.15) is 18.4 Å². The lowest BCUT2D eigenvalue weighted by atomic mass is 9.90. The Balaban J connectivity index is 1.31. The Labute approximate surface area is 229 Å². The van der Waals surface area contributed by atoms with Crippen LogP contribution in [-0.2, 0) is 20.4 Å². The van der Waals surface area contributed by atoms with E-state index in [1.165, 1.54) is 22.5 Å². The highest BCUT2D eigenvalue weighted by molar-refractivity contribution is 7.89. The first-order valence-corrected chi connectivity index (χ1v) is 14.6. The van der Waals surface area contributed by atoms with Crippen molar-refractivity contribution in [3.8, 4) is 11.5 Å². The van der Waals surface area contributed by atoms with E-state index in [0.717, 1.165) is 13.1 Å². The number of hydrogen-bond acceptors (Lipinski definition) is 10. The smallest absolute Gasteiger partial charge is 0.415 e. The number of ether oxygens (including phenoxy) is 3. The van der Waals surface area contributed by atoms with E-state index in [2.05, 4.69) is 15.2 Å². The van der Waals surface area contributed by atoms with Crippen LogP contribution in [0.3, 0.4) is 0 Å². The van der Waals surface area contributed by atoms with Gasteiger partial charge in [-0.2, -0.15) is 17.5 Å². The molecule has 2 saturated heterocycles. The lowest BCUT2D eigenvalue weighted by molar-refractivity contribution is -0.0921. The Morgan fingerprint density at radius 1 is 1.02 bits per heavy atom. The van der Waals surface area contributed by atoms with E-state index >= 15 is 0 Å². The molecule has 0 bridgehead atoms. The maximum Gasteiger partial charge on any atom is 0.415 e. The average Bonchev–Trinajstić information content (AvgIpc) is 3.38. The minimum absolute atomic E-state index is 0.0170. The summed E-state index contributed by atoms with van der Waals surface area (Å²) in [4.78, 5) is 6.27. The van der Waals surface area contributed by atoms with Gasteiger partial charge in [-0.25, -0.2) is 8.42 Å². The van der Waals surface area contributed by atoms with E-state index in [0.29, 0.717) is 45.2 Å². The van der Waals surface area contributed by atoms with Crippen LogP contribution in [0.15, 0.2) is 44.9 Å². The Kier molecular flexibility index (Phi) is 6.77. The maximum atomic E-state index is 13.8. The first kappa shape index (κ1) is 27.3. The zero-order valence-electron chi connectivity index (χ0n) is 21.7. The molecule has 15 heteroatoms. The molecule has 2 fully saturated rings. The van der Waals surface area contributed by atoms with Crippen LogP contribution in [0, 0.1) is 0 Å². The summed E-state index contributed by atoms with van der Waals surface area (Å²) in [6.45, 7) is 3.44. The third kappa shape index (κ3) is 4.62. The number of benzene rings is 1. The average molecular weight is 585 g/mol. The standard InChI is InChI=1S/C25H31F3N6O5S/c26-25(27,28)17-14-31-23-20(17)18(29)13-24(30,32-23)16-1-2-19(22-21(16)38-11-12-39-22)40(35,36)34-5-3-15(4-6-34)33-7-9-37-10-8-33/h1-2,13,15H,3-12,14,29-30H2,(H,31,32). The molecule has 0 aliphatic carbocycles. The number of nitrogens with zero attached hydrogens (tertiary/aromatic N) is 3. The molecule has 5 aliphatic rings. The summed E-state index contributed by atoms with van der Waals surface area (Å²) in [5, 5.41) is 2.85. The Hall–Kier alpha value is -2.85. The molecule has 11 nitrogen and oxygen atoms in total. The van der Waals surface area contributed by atoms with Gasteiger partial charge in [-0.15, -0.1) is 0 Å². The van der Waals surface area contributed by atoms with Crippen molar-refractivity contribution in [2.45, 2.75) is 35.6 Å². The van der Waals surface area contributed by atoms with Gasteiger partial charge in [-0.3, -0.25) is 9.89 Å². The number of fused-ring (bicyclic) bond motifs is 2. The van der Waals surface area contributed by atoms with Crippen LogP contribution in [0.2, 0.25) is 0 Å². The molecule has 5 N–H and O–H groups in total. The van der Waals surface area contributed by atoms with Crippen molar-refractivity contribution < 1.29 is 35.8 Å². The number of aliphatic imine (C=N–C) groups is 1. The third-order valence-corrected chi connectivity index (χ3v) is 9.90. The molecular weight excluding hydrogens is 553 g/mol. The van der Waals surface area contributed by atoms with E-state index < -0.39 is 34.0 Å². The van der Waals surface area contributed by atoms with Gasteiger partial charge >= 0.3 is 6.18 Å². The topological polar surface area (TPSA) is 145 Å². The predicted octanol–water partition coefficient (Wildman–Crippen LogP) is 0.771. The summed E-state index contributed by atoms with van der Waals surface area (Å²) in [5.74, 6) is 0.0279. The number of nitrogens with one attached hydrogen (secondary N) is 1. The molecule has 5 heterocycles. The van der Waals surface area contributed by atoms with E-state index in [9.17, 15) is 21.6 Å². The van der Waals surface area contributed by atoms with Crippen molar-refractivity contribution in [3.05, 3.63) is 40.6 Å². The molecule has 218 valence electrons. The number of piperidine rings is 1. The molecule has 40 heavy (non-hydrogen) atoms. The van der Waals surface area contributed by atoms with Gasteiger partial charge in [0.15, 0.2) is 11.5 Å². The normalized spacial score (nSPS) is 26.7. The highest BCUT2D eigenvalue weighted by Crippen LogP contribution is 2.46. The first-order chi connectivity index (χ1) is 19.0. The van der Waals surface area contributed by atoms with Gasteiger partial charge in [0.1, 0.15) is 29.6 Å². The fourth-order valence-corrected chi connectivity index (χ4v) is 7.56. The highest BCUT2D eigenvalue weighted by Gasteiger charge is 2.46. The predicted molar refractivity (Wildman–Crippen MR) is 138 cm³/mol. The van der Waals surface area contributed by atoms with Gasteiger partial charge in [-0.05, 0) is 31.1 Å². The minimum Gasteiger partial charge on any atom is -0.486 e. The Morgan fingerprint density at radius 3 is 2.38 bits per heavy atom. The second kappa shape index (κ2) is 9.91. The van der Waals surface area contributed by atoms with Crippen molar-refractivity contribution in [2.24, 2.45) is 16.5 Å². The van der Waals surface area contributed by atoms with Crippen LogP contribution in [-0.4, -0.2) is 94.8 Å². The van der Waals surface area contributed by atoms with Crippen molar-refractivity contribution in [3.63, 3.8) is 0 Å². The van der Waals surface area contributed by atoms with Gasteiger partial charge in [0.25, 0.3) is 0 Å². The number of sulfonamides is 1. The second-order valence-corrected chi connectivity index (χ2v) is 12.3. The number of amidine groups is 1. The van der Waals surface area contributed by atoms with Crippen LogP contribution < -0.4 is 26.3 Å². The van der Waals surface area contributed by atoms with Gasteiger partial charge in [-0.1, -0.05) is 0 Å². The lowest BCUT2D eigenvalue weighted by Crippen LogP contribution is -2.55. The molecule has 6 rings (SSSR count). The largest absolute Gasteiger partial charge is 0.486 e.